The fourth-order valence-electron chi connectivity index (χ4n) is 2.15. The summed E-state index contributed by atoms with van der Waals surface area (Å²) in [5.74, 6) is 1.50. The van der Waals surface area contributed by atoms with E-state index in [0.29, 0.717) is 12.6 Å². The lowest BCUT2D eigenvalue weighted by Gasteiger charge is -2.16. The maximum Gasteiger partial charge on any atom is 0.162 e. The molecule has 124 valence electrons. The topological polar surface area (TPSA) is 30.5 Å². The Bertz CT molecular complexity index is 616. The molecule has 0 bridgehead atoms. The third kappa shape index (κ3) is 5.26. The molecule has 2 aromatic rings. The predicted octanol–water partition coefficient (Wildman–Crippen LogP) is 4.92. The number of nitrogens with one attached hydrogen (secondary N) is 1. The van der Waals surface area contributed by atoms with Gasteiger partial charge in [0.15, 0.2) is 11.5 Å². The van der Waals surface area contributed by atoms with Gasteiger partial charge in [0.1, 0.15) is 6.61 Å². The second-order valence-corrected chi connectivity index (χ2v) is 6.41. The fourth-order valence-corrected chi connectivity index (χ4v) is 2.61. The molecule has 23 heavy (non-hydrogen) atoms. The monoisotopic (exact) mass is 377 g/mol. The van der Waals surface area contributed by atoms with Gasteiger partial charge in [-0.25, -0.2) is 0 Å². The first kappa shape index (κ1) is 17.8. The zero-order chi connectivity index (χ0) is 16.7. The Labute approximate surface area is 147 Å². The molecule has 1 unspecified atom stereocenters. The van der Waals surface area contributed by atoms with Gasteiger partial charge in [0.05, 0.1) is 7.11 Å². The maximum atomic E-state index is 5.92. The first-order chi connectivity index (χ1) is 11.1. The summed E-state index contributed by atoms with van der Waals surface area (Å²) >= 11 is 3.63. The van der Waals surface area contributed by atoms with Gasteiger partial charge in [-0.05, 0) is 36.6 Å². The Morgan fingerprint density at radius 1 is 1.13 bits per heavy atom. The second-order valence-electron chi connectivity index (χ2n) is 5.56. The van der Waals surface area contributed by atoms with Gasteiger partial charge in [-0.3, -0.25) is 0 Å². The van der Waals surface area contributed by atoms with Crippen LogP contribution < -0.4 is 14.8 Å². The highest BCUT2D eigenvalue weighted by Crippen LogP contribution is 2.34. The van der Waals surface area contributed by atoms with Crippen LogP contribution in [0.2, 0.25) is 0 Å². The summed E-state index contributed by atoms with van der Waals surface area (Å²) in [7, 11) is 1.67. The second kappa shape index (κ2) is 8.94. The van der Waals surface area contributed by atoms with Crippen molar-refractivity contribution < 1.29 is 9.47 Å². The molecule has 0 heterocycles. The highest BCUT2D eigenvalue weighted by Gasteiger charge is 2.11. The Morgan fingerprint density at radius 2 is 1.87 bits per heavy atom. The van der Waals surface area contributed by atoms with Gasteiger partial charge in [0, 0.05) is 17.1 Å². The largest absolute Gasteiger partial charge is 0.493 e. The van der Waals surface area contributed by atoms with E-state index in [4.69, 9.17) is 9.47 Å². The van der Waals surface area contributed by atoms with Crippen molar-refractivity contribution in [2.75, 3.05) is 7.11 Å². The molecule has 0 fully saturated rings. The third-order valence-electron chi connectivity index (χ3n) is 3.82. The molecule has 0 aliphatic rings. The van der Waals surface area contributed by atoms with Crippen molar-refractivity contribution in [3.05, 3.63) is 58.1 Å². The number of benzene rings is 2. The minimum Gasteiger partial charge on any atom is -0.493 e. The summed E-state index contributed by atoms with van der Waals surface area (Å²) in [4.78, 5) is 0. The first-order valence-electron chi connectivity index (χ1n) is 7.90. The van der Waals surface area contributed by atoms with Gasteiger partial charge in [-0.1, -0.05) is 53.2 Å². The van der Waals surface area contributed by atoms with Gasteiger partial charge in [0.25, 0.3) is 0 Å². The van der Waals surface area contributed by atoms with Crippen molar-refractivity contribution in [3.8, 4) is 11.5 Å². The molecule has 2 aromatic carbocycles. The highest BCUT2D eigenvalue weighted by molar-refractivity contribution is 9.10. The lowest BCUT2D eigenvalue weighted by Crippen LogP contribution is -2.24. The molecule has 0 spiro atoms. The molecule has 0 amide bonds. The van der Waals surface area contributed by atoms with E-state index in [9.17, 15) is 0 Å². The average molecular weight is 378 g/mol. The summed E-state index contributed by atoms with van der Waals surface area (Å²) < 4.78 is 12.4. The smallest absolute Gasteiger partial charge is 0.162 e. The van der Waals surface area contributed by atoms with Gasteiger partial charge in [-0.2, -0.15) is 0 Å². The van der Waals surface area contributed by atoms with Crippen LogP contribution in [0.1, 0.15) is 31.4 Å². The van der Waals surface area contributed by atoms with Crippen LogP contribution in [0.3, 0.4) is 0 Å². The van der Waals surface area contributed by atoms with Gasteiger partial charge in [-0.15, -0.1) is 0 Å². The van der Waals surface area contributed by atoms with Crippen LogP contribution in [-0.4, -0.2) is 13.2 Å². The molecule has 1 atom stereocenters. The highest BCUT2D eigenvalue weighted by atomic mass is 79.9. The van der Waals surface area contributed by atoms with Gasteiger partial charge >= 0.3 is 0 Å². The van der Waals surface area contributed by atoms with E-state index in [1.54, 1.807) is 7.11 Å². The van der Waals surface area contributed by atoms with Crippen LogP contribution in [0.25, 0.3) is 0 Å². The van der Waals surface area contributed by atoms with Crippen molar-refractivity contribution in [1.82, 2.24) is 5.32 Å². The minimum atomic E-state index is 0.488. The summed E-state index contributed by atoms with van der Waals surface area (Å²) in [6.07, 6.45) is 1.10. The van der Waals surface area contributed by atoms with Gasteiger partial charge < -0.3 is 14.8 Å². The molecule has 0 radical (unpaired) electrons. The van der Waals surface area contributed by atoms with E-state index >= 15 is 0 Å². The molecule has 0 aromatic heterocycles. The summed E-state index contributed by atoms with van der Waals surface area (Å²) in [6, 6.07) is 14.6. The number of hydrogen-bond acceptors (Lipinski definition) is 3. The zero-order valence-electron chi connectivity index (χ0n) is 13.9. The van der Waals surface area contributed by atoms with Crippen LogP contribution >= 0.6 is 15.9 Å². The van der Waals surface area contributed by atoms with Crippen LogP contribution in [-0.2, 0) is 13.2 Å². The standard InChI is InChI=1S/C19H24BrNO2/c1-4-14(2)21-12-16-10-18(22-3)19(11-17(16)20)23-13-15-8-6-5-7-9-15/h5-11,14,21H,4,12-13H2,1-3H3. The van der Waals surface area contributed by atoms with Crippen molar-refractivity contribution in [2.45, 2.75) is 39.5 Å². The number of hydrogen-bond donors (Lipinski definition) is 1. The predicted molar refractivity (Wildman–Crippen MR) is 98.1 cm³/mol. The molecule has 1 N–H and O–H groups in total. The fraction of sp³-hybridized carbons (Fsp3) is 0.368. The van der Waals surface area contributed by atoms with E-state index in [0.717, 1.165) is 40.1 Å². The molecular weight excluding hydrogens is 354 g/mol. The quantitative estimate of drug-likeness (QED) is 0.707. The molecule has 0 saturated carbocycles. The van der Waals surface area contributed by atoms with Crippen molar-refractivity contribution in [1.29, 1.82) is 0 Å². The minimum absolute atomic E-state index is 0.488. The van der Waals surface area contributed by atoms with E-state index in [1.807, 2.05) is 42.5 Å². The van der Waals surface area contributed by atoms with E-state index in [-0.39, 0.29) is 0 Å². The Hall–Kier alpha value is -1.52. The maximum absolute atomic E-state index is 5.92. The average Bonchev–Trinajstić information content (AvgIpc) is 2.59. The lowest BCUT2D eigenvalue weighted by atomic mass is 10.1. The van der Waals surface area contributed by atoms with Crippen molar-refractivity contribution in [3.63, 3.8) is 0 Å². The zero-order valence-corrected chi connectivity index (χ0v) is 15.5. The summed E-state index contributed by atoms with van der Waals surface area (Å²) in [5, 5.41) is 3.49. The van der Waals surface area contributed by atoms with Crippen molar-refractivity contribution >= 4 is 15.9 Å². The third-order valence-corrected chi connectivity index (χ3v) is 4.56. The number of ether oxygens (including phenoxy) is 2. The Morgan fingerprint density at radius 3 is 2.52 bits per heavy atom. The van der Waals surface area contributed by atoms with Crippen LogP contribution in [0, 0.1) is 0 Å². The van der Waals surface area contributed by atoms with E-state index in [1.165, 1.54) is 0 Å². The molecule has 0 aliphatic heterocycles. The van der Waals surface area contributed by atoms with Crippen molar-refractivity contribution in [2.24, 2.45) is 0 Å². The molecule has 0 saturated heterocycles. The van der Waals surface area contributed by atoms with E-state index < -0.39 is 0 Å². The molecule has 2 rings (SSSR count). The summed E-state index contributed by atoms with van der Waals surface area (Å²) in [5.41, 5.74) is 2.29. The van der Waals surface area contributed by atoms with Gasteiger partial charge in [0.2, 0.25) is 0 Å². The molecule has 3 nitrogen and oxygen atoms in total. The van der Waals surface area contributed by atoms with Crippen LogP contribution in [0.5, 0.6) is 11.5 Å². The first-order valence-corrected chi connectivity index (χ1v) is 8.69. The van der Waals surface area contributed by atoms with Crippen LogP contribution in [0.15, 0.2) is 46.9 Å². The molecule has 0 aliphatic carbocycles. The number of methoxy groups -OCH3 is 1. The lowest BCUT2D eigenvalue weighted by molar-refractivity contribution is 0.284. The number of halogens is 1. The normalized spacial score (nSPS) is 12.0. The van der Waals surface area contributed by atoms with Crippen LogP contribution in [0.4, 0.5) is 0 Å². The molecule has 4 heteroatoms. The summed E-state index contributed by atoms with van der Waals surface area (Å²) in [6.45, 7) is 5.68. The Balaban J connectivity index is 2.09. The SMILES string of the molecule is CCC(C)NCc1cc(OC)c(OCc2ccccc2)cc1Br. The number of rotatable bonds is 8. The van der Waals surface area contributed by atoms with E-state index in [2.05, 4.69) is 35.1 Å². The molecular formula is C19H24BrNO2. The Kier molecular flexibility index (Phi) is 6.93.